The fourth-order valence-corrected chi connectivity index (χ4v) is 3.79. The summed E-state index contributed by atoms with van der Waals surface area (Å²) in [5, 5.41) is 18.1. The molecule has 0 unspecified atom stereocenters. The molecule has 24 heavy (non-hydrogen) atoms. The number of aliphatic hydroxyl groups is 1. The summed E-state index contributed by atoms with van der Waals surface area (Å²) in [6, 6.07) is 24.5. The lowest BCUT2D eigenvalue weighted by molar-refractivity contribution is 0.518. The molecular formula is C23H16O. The van der Waals surface area contributed by atoms with Crippen LogP contribution in [-0.4, -0.2) is 5.11 Å². The van der Waals surface area contributed by atoms with Crippen LogP contribution in [0.15, 0.2) is 66.7 Å². The van der Waals surface area contributed by atoms with Crippen molar-refractivity contribution < 1.29 is 5.11 Å². The van der Waals surface area contributed by atoms with Gasteiger partial charge in [-0.3, -0.25) is 0 Å². The van der Waals surface area contributed by atoms with Crippen LogP contribution in [0.3, 0.4) is 0 Å². The van der Waals surface area contributed by atoms with E-state index in [9.17, 15) is 0 Å². The van der Waals surface area contributed by atoms with Gasteiger partial charge in [-0.25, -0.2) is 0 Å². The molecular weight excluding hydrogens is 292 g/mol. The Morgan fingerprint density at radius 2 is 1.12 bits per heavy atom. The molecule has 0 spiro atoms. The van der Waals surface area contributed by atoms with E-state index in [2.05, 4.69) is 80.1 Å². The topological polar surface area (TPSA) is 20.2 Å². The van der Waals surface area contributed by atoms with Crippen LogP contribution in [0.4, 0.5) is 0 Å². The third-order valence-corrected chi connectivity index (χ3v) is 4.74. The van der Waals surface area contributed by atoms with E-state index >= 15 is 0 Å². The van der Waals surface area contributed by atoms with Crippen LogP contribution in [0, 0.1) is 19.5 Å². The van der Waals surface area contributed by atoms with Crippen LogP contribution in [-0.2, 0) is 0 Å². The highest BCUT2D eigenvalue weighted by Gasteiger charge is 2.12. The van der Waals surface area contributed by atoms with Crippen molar-refractivity contribution in [1.29, 1.82) is 0 Å². The Labute approximate surface area is 140 Å². The first-order chi connectivity index (χ1) is 11.8. The molecule has 5 aromatic carbocycles. The Bertz CT molecular complexity index is 1180. The first-order valence-corrected chi connectivity index (χ1v) is 7.91. The highest BCUT2D eigenvalue weighted by Crippen LogP contribution is 2.40. The predicted octanol–water partition coefficient (Wildman–Crippen LogP) is 6.00. The molecule has 0 atom stereocenters. The number of aliphatic hydroxyl groups excluding tert-OH is 1. The first-order valence-electron chi connectivity index (χ1n) is 7.91. The number of terminal acetylenes is 1. The molecule has 0 bridgehead atoms. The fraction of sp³-hybridized carbons (Fsp3) is 0.0435. The lowest BCUT2D eigenvalue weighted by Crippen LogP contribution is -1.87. The molecule has 0 saturated carbocycles. The largest absolute Gasteiger partial charge is 0.462 e. The summed E-state index contributed by atoms with van der Waals surface area (Å²) in [6.45, 7) is 2.20. The van der Waals surface area contributed by atoms with Crippen molar-refractivity contribution in [2.45, 2.75) is 6.92 Å². The van der Waals surface area contributed by atoms with Crippen molar-refractivity contribution in [3.8, 4) is 12.5 Å². The van der Waals surface area contributed by atoms with Crippen molar-refractivity contribution in [2.24, 2.45) is 0 Å². The van der Waals surface area contributed by atoms with E-state index in [1.165, 1.54) is 54.8 Å². The highest BCUT2D eigenvalue weighted by atomic mass is 16.2. The minimum Gasteiger partial charge on any atom is -0.462 e. The van der Waals surface area contributed by atoms with Crippen molar-refractivity contribution in [3.63, 3.8) is 0 Å². The maximum atomic E-state index is 7.10. The maximum Gasteiger partial charge on any atom is 0.103 e. The number of fused-ring (bicyclic) bond motifs is 2. The Morgan fingerprint density at radius 1 is 0.667 bits per heavy atom. The number of hydrogen-bond donors (Lipinski definition) is 1. The third-order valence-electron chi connectivity index (χ3n) is 4.74. The van der Waals surface area contributed by atoms with Crippen molar-refractivity contribution >= 4 is 43.1 Å². The summed E-state index contributed by atoms with van der Waals surface area (Å²) in [7, 11) is 0. The average molecular weight is 308 g/mol. The van der Waals surface area contributed by atoms with E-state index in [-0.39, 0.29) is 0 Å². The summed E-state index contributed by atoms with van der Waals surface area (Å²) < 4.78 is 0. The quantitative estimate of drug-likeness (QED) is 0.211. The summed E-state index contributed by atoms with van der Waals surface area (Å²) in [5.74, 6) is 0. The average Bonchev–Trinajstić information content (AvgIpc) is 2.61. The van der Waals surface area contributed by atoms with Crippen LogP contribution >= 0.6 is 0 Å². The zero-order valence-corrected chi connectivity index (χ0v) is 13.4. The van der Waals surface area contributed by atoms with Crippen LogP contribution in [0.1, 0.15) is 5.56 Å². The Morgan fingerprint density at radius 3 is 1.75 bits per heavy atom. The Kier molecular flexibility index (Phi) is 3.25. The van der Waals surface area contributed by atoms with Gasteiger partial charge in [-0.1, -0.05) is 73.2 Å². The standard InChI is InChI=1S/C21H14.C2H2O/c1-13-11-12-19-17-9-3-6-14-5-2-8-16(20(14)17)18-10-4-7-15(13)21(18)19;1-2-3/h2-12H,1H3;1,3H. The van der Waals surface area contributed by atoms with Crippen LogP contribution in [0.25, 0.3) is 43.1 Å². The molecule has 1 N–H and O–H groups in total. The molecule has 0 aromatic heterocycles. The molecule has 0 amide bonds. The fourth-order valence-electron chi connectivity index (χ4n) is 3.79. The van der Waals surface area contributed by atoms with Gasteiger partial charge >= 0.3 is 0 Å². The minimum absolute atomic E-state index is 1.25. The number of hydrogen-bond acceptors (Lipinski definition) is 1. The van der Waals surface area contributed by atoms with Gasteiger partial charge in [0.05, 0.1) is 0 Å². The van der Waals surface area contributed by atoms with Gasteiger partial charge in [0.15, 0.2) is 0 Å². The van der Waals surface area contributed by atoms with Crippen molar-refractivity contribution in [1.82, 2.24) is 0 Å². The zero-order chi connectivity index (χ0) is 16.7. The zero-order valence-electron chi connectivity index (χ0n) is 13.4. The smallest absolute Gasteiger partial charge is 0.103 e. The Hall–Kier alpha value is -3.24. The number of aryl methyl sites for hydroxylation is 1. The molecule has 0 fully saturated rings. The monoisotopic (exact) mass is 308 g/mol. The number of rotatable bonds is 0. The van der Waals surface area contributed by atoms with Crippen LogP contribution in [0.5, 0.6) is 0 Å². The molecule has 0 radical (unpaired) electrons. The van der Waals surface area contributed by atoms with Crippen molar-refractivity contribution in [3.05, 3.63) is 72.3 Å². The van der Waals surface area contributed by atoms with E-state index in [0.29, 0.717) is 0 Å². The van der Waals surface area contributed by atoms with Gasteiger partial charge in [0, 0.05) is 0 Å². The molecule has 114 valence electrons. The van der Waals surface area contributed by atoms with E-state index in [1.807, 2.05) is 0 Å². The first kappa shape index (κ1) is 14.4. The molecule has 1 heteroatoms. The normalized spacial score (nSPS) is 10.8. The maximum absolute atomic E-state index is 7.10. The van der Waals surface area contributed by atoms with Gasteiger partial charge in [0.2, 0.25) is 0 Å². The number of benzene rings is 5. The molecule has 5 rings (SSSR count). The van der Waals surface area contributed by atoms with Gasteiger partial charge in [0.1, 0.15) is 6.11 Å². The second-order valence-corrected chi connectivity index (χ2v) is 6.00. The molecule has 0 aliphatic rings. The summed E-state index contributed by atoms with van der Waals surface area (Å²) >= 11 is 0. The predicted molar refractivity (Wildman–Crippen MR) is 103 cm³/mol. The highest BCUT2D eigenvalue weighted by molar-refractivity contribution is 6.33. The summed E-state index contributed by atoms with van der Waals surface area (Å²) in [6.07, 6.45) is 5.40. The van der Waals surface area contributed by atoms with Gasteiger partial charge in [-0.05, 0) is 55.6 Å². The molecule has 0 aliphatic carbocycles. The molecule has 0 heterocycles. The molecule has 1 nitrogen and oxygen atoms in total. The summed E-state index contributed by atoms with van der Waals surface area (Å²) in [5.41, 5.74) is 1.35. The lowest BCUT2D eigenvalue weighted by atomic mass is 9.89. The van der Waals surface area contributed by atoms with E-state index in [0.717, 1.165) is 0 Å². The van der Waals surface area contributed by atoms with Crippen LogP contribution < -0.4 is 0 Å². The second-order valence-electron chi connectivity index (χ2n) is 6.00. The SMILES string of the molecule is C#CO.Cc1ccc2c3cccc4cccc(c5cccc1c52)c43. The third kappa shape index (κ3) is 1.90. The van der Waals surface area contributed by atoms with E-state index in [4.69, 9.17) is 5.11 Å². The molecule has 5 aromatic rings. The van der Waals surface area contributed by atoms with Crippen LogP contribution in [0.2, 0.25) is 0 Å². The molecule has 0 saturated heterocycles. The van der Waals surface area contributed by atoms with E-state index < -0.39 is 0 Å². The van der Waals surface area contributed by atoms with Crippen molar-refractivity contribution in [2.75, 3.05) is 0 Å². The van der Waals surface area contributed by atoms with E-state index in [1.54, 1.807) is 0 Å². The van der Waals surface area contributed by atoms with Gasteiger partial charge in [-0.2, -0.15) is 0 Å². The lowest BCUT2D eigenvalue weighted by Gasteiger charge is -2.15. The van der Waals surface area contributed by atoms with Gasteiger partial charge < -0.3 is 5.11 Å². The van der Waals surface area contributed by atoms with Gasteiger partial charge in [0.25, 0.3) is 0 Å². The summed E-state index contributed by atoms with van der Waals surface area (Å²) in [4.78, 5) is 0. The molecule has 0 aliphatic heterocycles. The second kappa shape index (κ2) is 5.44. The minimum atomic E-state index is 1.25. The van der Waals surface area contributed by atoms with Gasteiger partial charge in [-0.15, -0.1) is 0 Å². The Balaban J connectivity index is 0.000000455.